The molecule has 0 unspecified atom stereocenters. The summed E-state index contributed by atoms with van der Waals surface area (Å²) < 4.78 is 26.3. The van der Waals surface area contributed by atoms with Crippen LogP contribution in [0, 0.1) is 17.0 Å². The molecule has 1 amide bonds. The van der Waals surface area contributed by atoms with Gasteiger partial charge in [0.25, 0.3) is 5.69 Å². The number of aryl methyl sites for hydroxylation is 2. The first-order valence-corrected chi connectivity index (χ1v) is 12.0. The summed E-state index contributed by atoms with van der Waals surface area (Å²) in [5, 5.41) is 14.1. The van der Waals surface area contributed by atoms with E-state index in [0.29, 0.717) is 5.56 Å². The van der Waals surface area contributed by atoms with Crippen LogP contribution in [0.5, 0.6) is 0 Å². The van der Waals surface area contributed by atoms with E-state index in [1.54, 1.807) is 13.8 Å². The van der Waals surface area contributed by atoms with Crippen LogP contribution in [0.4, 0.5) is 11.4 Å². The minimum atomic E-state index is -3.90. The SMILES string of the molecule is CCc1ccc([C@H](C)NC(=O)[C@H](CC)N(c2cc([N+](=O)[O-])ccc2C)S(C)(=O)=O)cc1. The number of carbonyl (C=O) groups is 1. The highest BCUT2D eigenvalue weighted by atomic mass is 32.2. The summed E-state index contributed by atoms with van der Waals surface area (Å²) in [6.45, 7) is 7.24. The molecule has 168 valence electrons. The van der Waals surface area contributed by atoms with Crippen LogP contribution >= 0.6 is 0 Å². The Morgan fingerprint density at radius 3 is 2.26 bits per heavy atom. The number of hydrogen-bond donors (Lipinski definition) is 1. The first kappa shape index (κ1) is 24.3. The molecule has 31 heavy (non-hydrogen) atoms. The van der Waals surface area contributed by atoms with Crippen molar-refractivity contribution in [3.05, 3.63) is 69.3 Å². The molecule has 2 rings (SSSR count). The molecule has 0 saturated heterocycles. The molecule has 0 heterocycles. The third-order valence-corrected chi connectivity index (χ3v) is 6.38. The van der Waals surface area contributed by atoms with Crippen molar-refractivity contribution >= 4 is 27.3 Å². The van der Waals surface area contributed by atoms with Gasteiger partial charge in [-0.05, 0) is 43.4 Å². The molecule has 1 N–H and O–H groups in total. The molecule has 0 fully saturated rings. The summed E-state index contributed by atoms with van der Waals surface area (Å²) in [4.78, 5) is 23.7. The number of hydrogen-bond acceptors (Lipinski definition) is 5. The molecule has 8 nitrogen and oxygen atoms in total. The highest BCUT2D eigenvalue weighted by Crippen LogP contribution is 2.30. The number of amides is 1. The molecular weight excluding hydrogens is 418 g/mol. The van der Waals surface area contributed by atoms with Gasteiger partial charge in [0.2, 0.25) is 15.9 Å². The van der Waals surface area contributed by atoms with Gasteiger partial charge in [0, 0.05) is 12.1 Å². The lowest BCUT2D eigenvalue weighted by Crippen LogP contribution is -2.50. The summed E-state index contributed by atoms with van der Waals surface area (Å²) in [5.74, 6) is -0.467. The van der Waals surface area contributed by atoms with Gasteiger partial charge in [-0.25, -0.2) is 8.42 Å². The molecule has 9 heteroatoms. The Bertz CT molecular complexity index is 1050. The van der Waals surface area contributed by atoms with Crippen molar-refractivity contribution in [1.29, 1.82) is 0 Å². The molecule has 0 aromatic heterocycles. The molecule has 2 atom stereocenters. The summed E-state index contributed by atoms with van der Waals surface area (Å²) >= 11 is 0. The normalized spacial score (nSPS) is 13.3. The molecule has 0 radical (unpaired) electrons. The molecule has 0 aliphatic rings. The molecule has 2 aromatic rings. The van der Waals surface area contributed by atoms with Crippen LogP contribution in [0.15, 0.2) is 42.5 Å². The van der Waals surface area contributed by atoms with Crippen molar-refractivity contribution < 1.29 is 18.1 Å². The van der Waals surface area contributed by atoms with E-state index in [-0.39, 0.29) is 23.8 Å². The van der Waals surface area contributed by atoms with Gasteiger partial charge < -0.3 is 5.32 Å². The van der Waals surface area contributed by atoms with Gasteiger partial charge >= 0.3 is 0 Å². The van der Waals surface area contributed by atoms with E-state index < -0.39 is 26.9 Å². The van der Waals surface area contributed by atoms with E-state index in [1.165, 1.54) is 23.8 Å². The smallest absolute Gasteiger partial charge is 0.271 e. The Hall–Kier alpha value is -2.94. The van der Waals surface area contributed by atoms with Crippen molar-refractivity contribution in [1.82, 2.24) is 5.32 Å². The highest BCUT2D eigenvalue weighted by Gasteiger charge is 2.33. The number of nitro groups is 1. The zero-order valence-electron chi connectivity index (χ0n) is 18.5. The van der Waals surface area contributed by atoms with Crippen LogP contribution in [0.25, 0.3) is 0 Å². The quantitative estimate of drug-likeness (QED) is 0.463. The molecule has 0 saturated carbocycles. The zero-order valence-corrected chi connectivity index (χ0v) is 19.3. The number of carbonyl (C=O) groups excluding carboxylic acids is 1. The van der Waals surface area contributed by atoms with Crippen LogP contribution in [-0.2, 0) is 21.2 Å². The van der Waals surface area contributed by atoms with E-state index in [0.717, 1.165) is 22.5 Å². The zero-order chi connectivity index (χ0) is 23.3. The number of non-ortho nitro benzene ring substituents is 1. The number of sulfonamides is 1. The van der Waals surface area contributed by atoms with Gasteiger partial charge in [0.15, 0.2) is 0 Å². The number of rotatable bonds is 9. The van der Waals surface area contributed by atoms with Crippen LogP contribution in [0.3, 0.4) is 0 Å². The second-order valence-corrected chi connectivity index (χ2v) is 9.40. The molecule has 0 bridgehead atoms. The first-order chi connectivity index (χ1) is 14.5. The summed E-state index contributed by atoms with van der Waals surface area (Å²) in [6, 6.07) is 10.5. The standard InChI is InChI=1S/C22H29N3O5S/c1-6-17-9-11-18(12-10-17)16(4)23-22(26)20(7-2)24(31(5,29)30)21-14-19(25(27)28)13-8-15(21)3/h8-14,16,20H,6-7H2,1-5H3,(H,23,26)/t16-,20-/m0/s1. The van der Waals surface area contributed by atoms with Crippen LogP contribution in [-0.4, -0.2) is 31.5 Å². The summed E-state index contributed by atoms with van der Waals surface area (Å²) in [5.41, 5.74) is 2.48. The average molecular weight is 448 g/mol. The van der Waals surface area contributed by atoms with Crippen LogP contribution in [0.2, 0.25) is 0 Å². The topological polar surface area (TPSA) is 110 Å². The highest BCUT2D eigenvalue weighted by molar-refractivity contribution is 7.92. The fraction of sp³-hybridized carbons (Fsp3) is 0.409. The maximum atomic E-state index is 13.1. The van der Waals surface area contributed by atoms with E-state index in [1.807, 2.05) is 31.2 Å². The largest absolute Gasteiger partial charge is 0.348 e. The monoisotopic (exact) mass is 447 g/mol. The van der Waals surface area contributed by atoms with E-state index >= 15 is 0 Å². The van der Waals surface area contributed by atoms with Crippen LogP contribution < -0.4 is 9.62 Å². The fourth-order valence-electron chi connectivity index (χ4n) is 3.42. The first-order valence-electron chi connectivity index (χ1n) is 10.1. The maximum Gasteiger partial charge on any atom is 0.271 e. The molecule has 0 spiro atoms. The summed E-state index contributed by atoms with van der Waals surface area (Å²) in [6.07, 6.45) is 2.10. The van der Waals surface area contributed by atoms with Crippen LogP contribution in [0.1, 0.15) is 49.9 Å². The molecule has 0 aliphatic heterocycles. The van der Waals surface area contributed by atoms with Gasteiger partial charge in [-0.1, -0.05) is 44.2 Å². The summed E-state index contributed by atoms with van der Waals surface area (Å²) in [7, 11) is -3.90. The van der Waals surface area contributed by atoms with E-state index in [2.05, 4.69) is 12.2 Å². The number of nitrogens with zero attached hydrogens (tertiary/aromatic N) is 2. The second kappa shape index (κ2) is 9.91. The van der Waals surface area contributed by atoms with Crippen molar-refractivity contribution in [2.75, 3.05) is 10.6 Å². The average Bonchev–Trinajstić information content (AvgIpc) is 2.71. The van der Waals surface area contributed by atoms with Gasteiger partial charge in [-0.2, -0.15) is 0 Å². The lowest BCUT2D eigenvalue weighted by atomic mass is 10.0. The lowest BCUT2D eigenvalue weighted by Gasteiger charge is -2.32. The minimum Gasteiger partial charge on any atom is -0.348 e. The maximum absolute atomic E-state index is 13.1. The fourth-order valence-corrected chi connectivity index (χ4v) is 4.68. The molecule has 0 aliphatic carbocycles. The van der Waals surface area contributed by atoms with Crippen molar-refractivity contribution in [3.8, 4) is 0 Å². The predicted molar refractivity (Wildman–Crippen MR) is 122 cm³/mol. The minimum absolute atomic E-state index is 0.124. The number of nitrogens with one attached hydrogen (secondary N) is 1. The molecule has 2 aromatic carbocycles. The Morgan fingerprint density at radius 1 is 1.16 bits per heavy atom. The van der Waals surface area contributed by atoms with Gasteiger partial charge in [-0.15, -0.1) is 0 Å². The number of nitro benzene ring substituents is 1. The number of benzene rings is 2. The Labute approximate surface area is 183 Å². The van der Waals surface area contributed by atoms with Gasteiger partial charge in [0.1, 0.15) is 6.04 Å². The lowest BCUT2D eigenvalue weighted by molar-refractivity contribution is -0.384. The van der Waals surface area contributed by atoms with Gasteiger partial charge in [0.05, 0.1) is 22.9 Å². The third kappa shape index (κ3) is 5.81. The number of anilines is 1. The van der Waals surface area contributed by atoms with Crippen molar-refractivity contribution in [2.24, 2.45) is 0 Å². The third-order valence-electron chi connectivity index (χ3n) is 5.22. The molecular formula is C22H29N3O5S. The van der Waals surface area contributed by atoms with E-state index in [4.69, 9.17) is 0 Å². The van der Waals surface area contributed by atoms with Crippen molar-refractivity contribution in [3.63, 3.8) is 0 Å². The Morgan fingerprint density at radius 2 is 1.77 bits per heavy atom. The van der Waals surface area contributed by atoms with E-state index in [9.17, 15) is 23.3 Å². The second-order valence-electron chi connectivity index (χ2n) is 7.54. The van der Waals surface area contributed by atoms with Crippen molar-refractivity contribution in [2.45, 2.75) is 52.6 Å². The predicted octanol–water partition coefficient (Wildman–Crippen LogP) is 3.89. The van der Waals surface area contributed by atoms with Gasteiger partial charge in [-0.3, -0.25) is 19.2 Å². The Kier molecular flexibility index (Phi) is 7.78. The Balaban J connectivity index is 2.39.